The third kappa shape index (κ3) is 4.89. The summed E-state index contributed by atoms with van der Waals surface area (Å²) in [5, 5.41) is 5.65. The molecule has 1 aliphatic heterocycles. The van der Waals surface area contributed by atoms with Crippen molar-refractivity contribution in [1.82, 2.24) is 4.90 Å². The Balaban J connectivity index is 1.61. The van der Waals surface area contributed by atoms with Crippen molar-refractivity contribution in [2.75, 3.05) is 11.4 Å². The molecule has 0 saturated carbocycles. The molecular weight excluding hydrogens is 482 g/mol. The molecule has 34 heavy (non-hydrogen) atoms. The van der Waals surface area contributed by atoms with Crippen molar-refractivity contribution in [3.8, 4) is 0 Å². The highest BCUT2D eigenvalue weighted by Crippen LogP contribution is 2.28. The van der Waals surface area contributed by atoms with Gasteiger partial charge in [-0.25, -0.2) is 18.5 Å². The number of nitrogens with two attached hydrogens (primary N) is 1. The summed E-state index contributed by atoms with van der Waals surface area (Å²) in [4.78, 5) is 41.4. The van der Waals surface area contributed by atoms with Crippen LogP contribution in [0.1, 0.15) is 22.5 Å². The Labute approximate surface area is 200 Å². The molecule has 176 valence electrons. The highest BCUT2D eigenvalue weighted by molar-refractivity contribution is 7.89. The smallest absolute Gasteiger partial charge is 0.290 e. The van der Waals surface area contributed by atoms with Crippen LogP contribution in [0.2, 0.25) is 5.02 Å². The molecule has 1 fully saturated rings. The molecule has 0 spiro atoms. The Morgan fingerprint density at radius 3 is 2.47 bits per heavy atom. The van der Waals surface area contributed by atoms with Crippen LogP contribution < -0.4 is 10.0 Å². The van der Waals surface area contributed by atoms with Gasteiger partial charge >= 0.3 is 0 Å². The van der Waals surface area contributed by atoms with Gasteiger partial charge in [0.25, 0.3) is 11.8 Å². The van der Waals surface area contributed by atoms with Gasteiger partial charge in [0.15, 0.2) is 5.76 Å². The monoisotopic (exact) mass is 501 g/mol. The van der Waals surface area contributed by atoms with Gasteiger partial charge in [-0.3, -0.25) is 14.4 Å². The normalized spacial score (nSPS) is 16.2. The third-order valence-corrected chi connectivity index (χ3v) is 6.61. The van der Waals surface area contributed by atoms with Crippen molar-refractivity contribution < 1.29 is 27.2 Å². The fraction of sp³-hybridized carbons (Fsp3) is 0.174. The molecular formula is C23H20ClN3O6S. The number of furan rings is 1. The summed E-state index contributed by atoms with van der Waals surface area (Å²) in [7, 11) is -3.93. The first-order chi connectivity index (χ1) is 16.1. The van der Waals surface area contributed by atoms with E-state index in [1.54, 1.807) is 24.3 Å². The van der Waals surface area contributed by atoms with Gasteiger partial charge in [-0.15, -0.1) is 0 Å². The summed E-state index contributed by atoms with van der Waals surface area (Å²) < 4.78 is 28.2. The summed E-state index contributed by atoms with van der Waals surface area (Å²) in [6.07, 6.45) is 1.52. The van der Waals surface area contributed by atoms with Crippen LogP contribution >= 0.6 is 11.6 Å². The summed E-state index contributed by atoms with van der Waals surface area (Å²) in [6.45, 7) is 0.141. The van der Waals surface area contributed by atoms with Crippen LogP contribution in [-0.4, -0.2) is 43.6 Å². The lowest BCUT2D eigenvalue weighted by Gasteiger charge is -2.27. The Kier molecular flexibility index (Phi) is 6.56. The van der Waals surface area contributed by atoms with Gasteiger partial charge < -0.3 is 9.32 Å². The second-order valence-electron chi connectivity index (χ2n) is 7.68. The zero-order valence-electron chi connectivity index (χ0n) is 17.8. The zero-order valence-corrected chi connectivity index (χ0v) is 19.3. The molecule has 2 N–H and O–H groups in total. The number of sulfonamides is 1. The van der Waals surface area contributed by atoms with Crippen LogP contribution in [0, 0.1) is 0 Å². The topological polar surface area (TPSA) is 131 Å². The zero-order chi connectivity index (χ0) is 24.5. The molecule has 0 aliphatic carbocycles. The molecule has 2 aromatic carbocycles. The van der Waals surface area contributed by atoms with E-state index in [4.69, 9.17) is 21.2 Å². The molecule has 4 rings (SSSR count). The van der Waals surface area contributed by atoms with Crippen LogP contribution in [0.4, 0.5) is 5.69 Å². The fourth-order valence-electron chi connectivity index (χ4n) is 3.80. The molecule has 3 aromatic rings. The fourth-order valence-corrected chi connectivity index (χ4v) is 4.53. The van der Waals surface area contributed by atoms with Gasteiger partial charge in [0.1, 0.15) is 6.04 Å². The number of benzene rings is 2. The van der Waals surface area contributed by atoms with E-state index in [1.165, 1.54) is 41.5 Å². The van der Waals surface area contributed by atoms with E-state index >= 15 is 0 Å². The number of halogens is 1. The number of hydrogen-bond donors (Lipinski definition) is 1. The summed E-state index contributed by atoms with van der Waals surface area (Å²) in [5.74, 6) is -1.59. The van der Waals surface area contributed by atoms with Crippen molar-refractivity contribution in [3.63, 3.8) is 0 Å². The quantitative estimate of drug-likeness (QED) is 0.495. The summed E-state index contributed by atoms with van der Waals surface area (Å²) >= 11 is 6.05. The Morgan fingerprint density at radius 2 is 1.85 bits per heavy atom. The highest BCUT2D eigenvalue weighted by atomic mass is 35.5. The minimum absolute atomic E-state index is 0.0438. The number of amides is 3. The third-order valence-electron chi connectivity index (χ3n) is 5.45. The molecule has 9 nitrogen and oxygen atoms in total. The predicted molar refractivity (Wildman–Crippen MR) is 124 cm³/mol. The molecule has 1 atom stereocenters. The molecule has 1 unspecified atom stereocenters. The second-order valence-corrected chi connectivity index (χ2v) is 9.68. The minimum Gasteiger partial charge on any atom is -0.459 e. The standard InChI is InChI=1S/C23H20ClN3O6S/c24-16-4-1-3-15(13-16)10-11-26(23(30)20-5-2-12-33-20)19-14-21(28)27(22(19)29)17-6-8-18(9-7-17)34(25,31)32/h1-9,12-13,19H,10-11,14H2,(H2,25,31,32). The number of nitrogens with zero attached hydrogens (tertiary/aromatic N) is 2. The Hall–Kier alpha value is -3.47. The van der Waals surface area contributed by atoms with Crippen LogP contribution in [0.15, 0.2) is 76.2 Å². The van der Waals surface area contributed by atoms with E-state index in [0.717, 1.165) is 10.5 Å². The lowest BCUT2D eigenvalue weighted by atomic mass is 10.1. The average molecular weight is 502 g/mol. The SMILES string of the molecule is NS(=O)(=O)c1ccc(N2C(=O)CC(N(CCc3cccc(Cl)c3)C(=O)c3ccco3)C2=O)cc1. The van der Waals surface area contributed by atoms with E-state index in [9.17, 15) is 22.8 Å². The first-order valence-electron chi connectivity index (χ1n) is 10.2. The van der Waals surface area contributed by atoms with Gasteiger partial charge in [0, 0.05) is 11.6 Å². The predicted octanol–water partition coefficient (Wildman–Crippen LogP) is 2.60. The van der Waals surface area contributed by atoms with E-state index in [2.05, 4.69) is 0 Å². The molecule has 0 radical (unpaired) electrons. The average Bonchev–Trinajstić information content (AvgIpc) is 3.42. The number of imide groups is 1. The maximum absolute atomic E-state index is 13.3. The number of hydrogen-bond acceptors (Lipinski definition) is 6. The molecule has 1 aromatic heterocycles. The number of carbonyl (C=O) groups is 3. The van der Waals surface area contributed by atoms with Crippen molar-refractivity contribution in [2.24, 2.45) is 5.14 Å². The second kappa shape index (κ2) is 9.41. The number of carbonyl (C=O) groups excluding carboxylic acids is 3. The molecule has 1 saturated heterocycles. The van der Waals surface area contributed by atoms with E-state index in [-0.39, 0.29) is 29.3 Å². The molecule has 1 aliphatic rings. The van der Waals surface area contributed by atoms with Gasteiger partial charge in [0.2, 0.25) is 15.9 Å². The van der Waals surface area contributed by atoms with Crippen LogP contribution in [0.3, 0.4) is 0 Å². The number of rotatable bonds is 7. The van der Waals surface area contributed by atoms with Gasteiger partial charge in [-0.1, -0.05) is 23.7 Å². The first-order valence-corrected chi connectivity index (χ1v) is 12.2. The van der Waals surface area contributed by atoms with Crippen LogP contribution in [-0.2, 0) is 26.0 Å². The van der Waals surface area contributed by atoms with Crippen LogP contribution in [0.5, 0.6) is 0 Å². The van der Waals surface area contributed by atoms with Gasteiger partial charge in [0.05, 0.1) is 23.3 Å². The number of anilines is 1. The van der Waals surface area contributed by atoms with Gasteiger partial charge in [-0.2, -0.15) is 0 Å². The maximum Gasteiger partial charge on any atom is 0.290 e. The lowest BCUT2D eigenvalue weighted by Crippen LogP contribution is -2.46. The molecule has 0 bridgehead atoms. The van der Waals surface area contributed by atoms with Crippen molar-refractivity contribution in [3.05, 3.63) is 83.3 Å². The van der Waals surface area contributed by atoms with Crippen molar-refractivity contribution in [1.29, 1.82) is 0 Å². The Morgan fingerprint density at radius 1 is 1.12 bits per heavy atom. The van der Waals surface area contributed by atoms with E-state index in [0.29, 0.717) is 11.4 Å². The Bertz CT molecular complexity index is 1340. The number of primary sulfonamides is 1. The molecule has 3 amide bonds. The summed E-state index contributed by atoms with van der Waals surface area (Å²) in [5.41, 5.74) is 1.04. The minimum atomic E-state index is -3.93. The largest absolute Gasteiger partial charge is 0.459 e. The summed E-state index contributed by atoms with van der Waals surface area (Å²) in [6, 6.07) is 14.2. The molecule has 2 heterocycles. The lowest BCUT2D eigenvalue weighted by molar-refractivity contribution is -0.122. The van der Waals surface area contributed by atoms with Crippen molar-refractivity contribution in [2.45, 2.75) is 23.8 Å². The van der Waals surface area contributed by atoms with E-state index < -0.39 is 33.8 Å². The van der Waals surface area contributed by atoms with Crippen LogP contribution in [0.25, 0.3) is 0 Å². The first kappa shape index (κ1) is 23.7. The highest BCUT2D eigenvalue weighted by Gasteiger charge is 2.44. The van der Waals surface area contributed by atoms with Gasteiger partial charge in [-0.05, 0) is 60.5 Å². The maximum atomic E-state index is 13.3. The van der Waals surface area contributed by atoms with E-state index in [1.807, 2.05) is 6.07 Å². The van der Waals surface area contributed by atoms with Crippen molar-refractivity contribution >= 4 is 45.0 Å². The molecule has 11 heteroatoms.